The normalized spacial score (nSPS) is 10.3. The van der Waals surface area contributed by atoms with E-state index in [2.05, 4.69) is 10.7 Å². The quantitative estimate of drug-likeness (QED) is 0.202. The summed E-state index contributed by atoms with van der Waals surface area (Å²) in [6, 6.07) is 15.0. The molecule has 0 unspecified atom stereocenters. The number of anilines is 1. The lowest BCUT2D eigenvalue weighted by atomic mass is 10.1. The van der Waals surface area contributed by atoms with Gasteiger partial charge in [-0.3, -0.25) is 10.2 Å². The minimum absolute atomic E-state index is 0.00119. The van der Waals surface area contributed by atoms with Crippen molar-refractivity contribution in [2.75, 3.05) is 12.4 Å². The molecule has 3 aromatic rings. The summed E-state index contributed by atoms with van der Waals surface area (Å²) in [6.07, 6.45) is 0. The molecule has 0 spiro atoms. The molecule has 9 heteroatoms. The summed E-state index contributed by atoms with van der Waals surface area (Å²) in [6.45, 7) is 0. The van der Waals surface area contributed by atoms with Gasteiger partial charge in [0.15, 0.2) is 11.5 Å². The van der Waals surface area contributed by atoms with Gasteiger partial charge in [0.2, 0.25) is 0 Å². The number of hydrogen-bond acceptors (Lipinski definition) is 5. The van der Waals surface area contributed by atoms with Crippen LogP contribution in [0, 0.1) is 11.2 Å². The van der Waals surface area contributed by atoms with E-state index in [1.807, 2.05) is 0 Å². The van der Waals surface area contributed by atoms with Crippen LogP contribution in [0.15, 0.2) is 60.7 Å². The minimum atomic E-state index is -0.488. The van der Waals surface area contributed by atoms with E-state index >= 15 is 0 Å². The van der Waals surface area contributed by atoms with Gasteiger partial charge >= 0.3 is 0 Å². The molecule has 0 atom stereocenters. The number of carbonyl (C=O) groups is 1. The Labute approximate surface area is 177 Å². The standard InChI is InChI=1S/C21H18ClFN4O3/c1-29-19-11-14(23)6-8-18(19)30-17-7-5-13(22)10-16(17)21(28)26-15-4-2-3-12(9-15)20(24)27-25/h2-11H,25H2,1H3,(H2,24,27)(H,26,28). The van der Waals surface area contributed by atoms with Crippen LogP contribution in [0.1, 0.15) is 15.9 Å². The first kappa shape index (κ1) is 21.1. The molecule has 5 N–H and O–H groups in total. The van der Waals surface area contributed by atoms with E-state index < -0.39 is 11.7 Å². The number of hydrazine groups is 1. The van der Waals surface area contributed by atoms with Gasteiger partial charge in [0.05, 0.1) is 12.7 Å². The molecule has 7 nitrogen and oxygen atoms in total. The number of benzene rings is 3. The molecule has 0 fully saturated rings. The highest BCUT2D eigenvalue weighted by Gasteiger charge is 2.17. The average Bonchev–Trinajstić information content (AvgIpc) is 2.75. The van der Waals surface area contributed by atoms with Crippen molar-refractivity contribution in [3.8, 4) is 17.2 Å². The van der Waals surface area contributed by atoms with Crippen LogP contribution in [-0.4, -0.2) is 18.9 Å². The van der Waals surface area contributed by atoms with Crippen molar-refractivity contribution in [3.63, 3.8) is 0 Å². The summed E-state index contributed by atoms with van der Waals surface area (Å²) < 4.78 is 24.4. The van der Waals surface area contributed by atoms with Crippen LogP contribution in [-0.2, 0) is 0 Å². The van der Waals surface area contributed by atoms with Crippen LogP contribution in [0.2, 0.25) is 5.02 Å². The average molecular weight is 429 g/mol. The van der Waals surface area contributed by atoms with E-state index in [4.69, 9.17) is 32.3 Å². The molecule has 0 aliphatic carbocycles. The summed E-state index contributed by atoms with van der Waals surface area (Å²) >= 11 is 6.07. The van der Waals surface area contributed by atoms with Crippen molar-refractivity contribution in [2.45, 2.75) is 0 Å². The zero-order valence-corrected chi connectivity index (χ0v) is 16.6. The number of nitrogens with two attached hydrogens (primary N) is 1. The van der Waals surface area contributed by atoms with Gasteiger partial charge in [-0.1, -0.05) is 23.7 Å². The second kappa shape index (κ2) is 9.25. The van der Waals surface area contributed by atoms with Crippen molar-refractivity contribution >= 4 is 29.0 Å². The minimum Gasteiger partial charge on any atom is -0.493 e. The third-order valence-corrected chi connectivity index (χ3v) is 4.32. The molecular weight excluding hydrogens is 411 g/mol. The molecular formula is C21H18ClFN4O3. The molecule has 3 rings (SSSR count). The number of nitrogens with one attached hydrogen (secondary N) is 3. The molecule has 0 aliphatic heterocycles. The van der Waals surface area contributed by atoms with Crippen molar-refractivity contribution in [1.82, 2.24) is 5.43 Å². The highest BCUT2D eigenvalue weighted by Crippen LogP contribution is 2.34. The van der Waals surface area contributed by atoms with Crippen LogP contribution in [0.4, 0.5) is 10.1 Å². The molecule has 0 radical (unpaired) electrons. The molecule has 30 heavy (non-hydrogen) atoms. The van der Waals surface area contributed by atoms with Gasteiger partial charge in [-0.05, 0) is 42.5 Å². The fourth-order valence-electron chi connectivity index (χ4n) is 2.65. The van der Waals surface area contributed by atoms with E-state index in [1.54, 1.807) is 30.3 Å². The molecule has 3 aromatic carbocycles. The number of halogens is 2. The predicted octanol–water partition coefficient (Wildman–Crippen LogP) is 4.32. The van der Waals surface area contributed by atoms with Crippen LogP contribution < -0.4 is 26.1 Å². The smallest absolute Gasteiger partial charge is 0.259 e. The summed E-state index contributed by atoms with van der Waals surface area (Å²) in [4.78, 5) is 12.9. The molecule has 0 heterocycles. The summed E-state index contributed by atoms with van der Waals surface area (Å²) in [5, 5.41) is 10.8. The lowest BCUT2D eigenvalue weighted by Gasteiger charge is -2.14. The Morgan fingerprint density at radius 3 is 2.57 bits per heavy atom. The second-order valence-electron chi connectivity index (χ2n) is 6.09. The van der Waals surface area contributed by atoms with Gasteiger partial charge in [0, 0.05) is 22.3 Å². The Bertz CT molecular complexity index is 1110. The zero-order valence-electron chi connectivity index (χ0n) is 15.8. The van der Waals surface area contributed by atoms with E-state index in [0.29, 0.717) is 16.3 Å². The fourth-order valence-corrected chi connectivity index (χ4v) is 2.82. The number of hydrogen-bond donors (Lipinski definition) is 4. The molecule has 1 amide bonds. The topological polar surface area (TPSA) is 109 Å². The molecule has 0 bridgehead atoms. The van der Waals surface area contributed by atoms with Crippen LogP contribution in [0.5, 0.6) is 17.2 Å². The molecule has 0 saturated heterocycles. The highest BCUT2D eigenvalue weighted by molar-refractivity contribution is 6.31. The van der Waals surface area contributed by atoms with Gasteiger partial charge in [0.1, 0.15) is 17.4 Å². The Kier molecular flexibility index (Phi) is 6.51. The maximum absolute atomic E-state index is 13.4. The van der Waals surface area contributed by atoms with Crippen molar-refractivity contribution in [3.05, 3.63) is 82.6 Å². The number of carbonyl (C=O) groups excluding carboxylic acids is 1. The molecule has 0 aliphatic rings. The maximum atomic E-state index is 13.4. The van der Waals surface area contributed by atoms with Crippen LogP contribution >= 0.6 is 11.6 Å². The Balaban J connectivity index is 1.90. The van der Waals surface area contributed by atoms with E-state index in [0.717, 1.165) is 0 Å². The number of ether oxygens (including phenoxy) is 2. The lowest BCUT2D eigenvalue weighted by molar-refractivity contribution is 0.102. The maximum Gasteiger partial charge on any atom is 0.259 e. The summed E-state index contributed by atoms with van der Waals surface area (Å²) in [5.74, 6) is 4.91. The molecule has 0 saturated carbocycles. The first-order valence-corrected chi connectivity index (χ1v) is 9.07. The van der Waals surface area contributed by atoms with Crippen LogP contribution in [0.3, 0.4) is 0 Å². The molecule has 0 aromatic heterocycles. The summed E-state index contributed by atoms with van der Waals surface area (Å²) in [5.41, 5.74) is 3.35. The van der Waals surface area contributed by atoms with Crippen molar-refractivity contribution in [2.24, 2.45) is 5.84 Å². The van der Waals surface area contributed by atoms with E-state index in [1.165, 1.54) is 37.4 Å². The number of amidine groups is 1. The highest BCUT2D eigenvalue weighted by atomic mass is 35.5. The number of rotatable bonds is 6. The van der Waals surface area contributed by atoms with Crippen molar-refractivity contribution < 1.29 is 18.7 Å². The lowest BCUT2D eigenvalue weighted by Crippen LogP contribution is -2.30. The third-order valence-electron chi connectivity index (χ3n) is 4.09. The first-order chi connectivity index (χ1) is 14.4. The van der Waals surface area contributed by atoms with E-state index in [-0.39, 0.29) is 28.6 Å². The Morgan fingerprint density at radius 2 is 1.83 bits per heavy atom. The Morgan fingerprint density at radius 1 is 1.07 bits per heavy atom. The van der Waals surface area contributed by atoms with Gasteiger partial charge in [0.25, 0.3) is 5.91 Å². The zero-order chi connectivity index (χ0) is 21.7. The van der Waals surface area contributed by atoms with Gasteiger partial charge < -0.3 is 20.2 Å². The van der Waals surface area contributed by atoms with E-state index in [9.17, 15) is 9.18 Å². The SMILES string of the molecule is COc1cc(F)ccc1Oc1ccc(Cl)cc1C(=O)Nc1cccc(C(=N)NN)c1. The van der Waals surface area contributed by atoms with Gasteiger partial charge in [-0.2, -0.15) is 0 Å². The monoisotopic (exact) mass is 428 g/mol. The predicted molar refractivity (Wildman–Crippen MR) is 113 cm³/mol. The van der Waals surface area contributed by atoms with Crippen LogP contribution in [0.25, 0.3) is 0 Å². The van der Waals surface area contributed by atoms with Gasteiger partial charge in [-0.25, -0.2) is 10.2 Å². The van der Waals surface area contributed by atoms with Gasteiger partial charge in [-0.15, -0.1) is 0 Å². The number of amides is 1. The first-order valence-electron chi connectivity index (χ1n) is 8.69. The van der Waals surface area contributed by atoms with Crippen molar-refractivity contribution in [1.29, 1.82) is 5.41 Å². The largest absolute Gasteiger partial charge is 0.493 e. The number of methoxy groups -OCH3 is 1. The second-order valence-corrected chi connectivity index (χ2v) is 6.53. The third kappa shape index (κ3) is 4.86. The Hall–Kier alpha value is -3.62. The fraction of sp³-hybridized carbons (Fsp3) is 0.0476. The summed E-state index contributed by atoms with van der Waals surface area (Å²) in [7, 11) is 1.39. The molecule has 154 valence electrons.